The van der Waals surface area contributed by atoms with Gasteiger partial charge in [-0.05, 0) is 18.6 Å². The van der Waals surface area contributed by atoms with Gasteiger partial charge in [0.1, 0.15) is 0 Å². The minimum atomic E-state index is -0.590. The molecule has 0 radical (unpaired) electrons. The molecule has 0 saturated carbocycles. The van der Waals surface area contributed by atoms with Crippen LogP contribution >= 0.6 is 0 Å². The highest BCUT2D eigenvalue weighted by Gasteiger charge is 2.10. The summed E-state index contributed by atoms with van der Waals surface area (Å²) in [6.07, 6.45) is 5.32. The van der Waals surface area contributed by atoms with Crippen LogP contribution in [0.1, 0.15) is 27.4 Å². The van der Waals surface area contributed by atoms with Gasteiger partial charge in [-0.25, -0.2) is 0 Å². The third kappa shape index (κ3) is 2.60. The summed E-state index contributed by atoms with van der Waals surface area (Å²) in [5, 5.41) is 7.35. The second-order valence-electron chi connectivity index (χ2n) is 3.60. The Bertz CT molecular complexity index is 538. The van der Waals surface area contributed by atoms with Gasteiger partial charge in [0.2, 0.25) is 0 Å². The van der Waals surface area contributed by atoms with E-state index in [1.807, 2.05) is 6.92 Å². The third-order valence-electron chi connectivity index (χ3n) is 2.24. The molecule has 0 spiro atoms. The van der Waals surface area contributed by atoms with E-state index < -0.39 is 5.91 Å². The van der Waals surface area contributed by atoms with E-state index >= 15 is 0 Å². The van der Waals surface area contributed by atoms with Crippen LogP contribution < -0.4 is 5.73 Å². The highest BCUT2D eigenvalue weighted by Crippen LogP contribution is 2.09. The van der Waals surface area contributed by atoms with Crippen molar-refractivity contribution < 1.29 is 4.79 Å². The van der Waals surface area contributed by atoms with Crippen molar-refractivity contribution in [1.82, 2.24) is 20.2 Å². The molecule has 0 aromatic carbocycles. The maximum absolute atomic E-state index is 11.1. The van der Waals surface area contributed by atoms with Crippen LogP contribution in [0.15, 0.2) is 24.7 Å². The summed E-state index contributed by atoms with van der Waals surface area (Å²) in [4.78, 5) is 19.5. The number of hydrogen-bond acceptors (Lipinski definition) is 5. The van der Waals surface area contributed by atoms with Gasteiger partial charge < -0.3 is 5.73 Å². The highest BCUT2D eigenvalue weighted by atomic mass is 16.1. The molecule has 2 rings (SSSR count). The Morgan fingerprint density at radius 2 is 2.18 bits per heavy atom. The quantitative estimate of drug-likeness (QED) is 0.814. The molecule has 0 aliphatic heterocycles. The molecule has 0 unspecified atom stereocenters. The van der Waals surface area contributed by atoms with Gasteiger partial charge in [-0.3, -0.25) is 14.8 Å². The number of nitrogens with zero attached hydrogens (tertiary/aromatic N) is 4. The van der Waals surface area contributed by atoms with E-state index in [9.17, 15) is 4.79 Å². The maximum atomic E-state index is 11.1. The molecular weight excluding hydrogens is 218 g/mol. The minimum absolute atomic E-state index is 0.176. The van der Waals surface area contributed by atoms with E-state index in [1.165, 1.54) is 6.20 Å². The summed E-state index contributed by atoms with van der Waals surface area (Å²) in [6, 6.07) is 1.70. The SMILES string of the molecule is Cc1cnc(Cc2ccnnc2C(N)=O)cn1. The van der Waals surface area contributed by atoms with Crippen LogP contribution in [0.3, 0.4) is 0 Å². The molecule has 6 heteroatoms. The normalized spacial score (nSPS) is 10.2. The van der Waals surface area contributed by atoms with Crippen molar-refractivity contribution in [3.63, 3.8) is 0 Å². The maximum Gasteiger partial charge on any atom is 0.269 e. The molecule has 0 aliphatic rings. The highest BCUT2D eigenvalue weighted by molar-refractivity contribution is 5.92. The number of primary amides is 1. The minimum Gasteiger partial charge on any atom is -0.364 e. The van der Waals surface area contributed by atoms with Crippen molar-refractivity contribution in [1.29, 1.82) is 0 Å². The smallest absolute Gasteiger partial charge is 0.269 e. The van der Waals surface area contributed by atoms with Crippen molar-refractivity contribution in [2.24, 2.45) is 5.73 Å². The predicted molar refractivity (Wildman–Crippen MR) is 60.1 cm³/mol. The van der Waals surface area contributed by atoms with Gasteiger partial charge in [-0.2, -0.15) is 5.10 Å². The predicted octanol–water partition coefficient (Wildman–Crippen LogP) is 0.265. The van der Waals surface area contributed by atoms with Crippen LogP contribution in [0, 0.1) is 6.92 Å². The number of carbonyl (C=O) groups excluding carboxylic acids is 1. The van der Waals surface area contributed by atoms with Crippen LogP contribution in [0.25, 0.3) is 0 Å². The Kier molecular flexibility index (Phi) is 3.04. The van der Waals surface area contributed by atoms with Crippen LogP contribution in [0.5, 0.6) is 0 Å². The van der Waals surface area contributed by atoms with Crippen molar-refractivity contribution in [2.75, 3.05) is 0 Å². The number of carbonyl (C=O) groups is 1. The monoisotopic (exact) mass is 229 g/mol. The first kappa shape index (κ1) is 11.1. The summed E-state index contributed by atoms with van der Waals surface area (Å²) in [5.74, 6) is -0.590. The van der Waals surface area contributed by atoms with Crippen molar-refractivity contribution in [2.45, 2.75) is 13.3 Å². The van der Waals surface area contributed by atoms with E-state index in [1.54, 1.807) is 18.5 Å². The summed E-state index contributed by atoms with van der Waals surface area (Å²) in [6.45, 7) is 1.86. The lowest BCUT2D eigenvalue weighted by Gasteiger charge is -2.04. The summed E-state index contributed by atoms with van der Waals surface area (Å²) < 4.78 is 0. The average molecular weight is 229 g/mol. The molecular formula is C11H11N5O. The molecule has 0 atom stereocenters. The third-order valence-corrected chi connectivity index (χ3v) is 2.24. The van der Waals surface area contributed by atoms with Crippen molar-refractivity contribution in [3.8, 4) is 0 Å². The number of aromatic nitrogens is 4. The zero-order chi connectivity index (χ0) is 12.3. The fourth-order valence-electron chi connectivity index (χ4n) is 1.41. The molecule has 0 aliphatic carbocycles. The van der Waals surface area contributed by atoms with E-state index in [-0.39, 0.29) is 5.69 Å². The fraction of sp³-hybridized carbons (Fsp3) is 0.182. The first-order valence-corrected chi connectivity index (χ1v) is 5.04. The molecule has 2 aromatic heterocycles. The van der Waals surface area contributed by atoms with E-state index in [0.717, 1.165) is 11.4 Å². The molecule has 0 saturated heterocycles. The largest absolute Gasteiger partial charge is 0.364 e. The van der Waals surface area contributed by atoms with Gasteiger partial charge in [0, 0.05) is 25.0 Å². The number of aryl methyl sites for hydroxylation is 1. The molecule has 86 valence electrons. The van der Waals surface area contributed by atoms with Crippen LogP contribution in [-0.4, -0.2) is 26.1 Å². The molecule has 6 nitrogen and oxygen atoms in total. The molecule has 2 aromatic rings. The summed E-state index contributed by atoms with van der Waals surface area (Å²) in [5.41, 5.74) is 7.69. The van der Waals surface area contributed by atoms with Gasteiger partial charge in [0.25, 0.3) is 5.91 Å². The standard InChI is InChI=1S/C11H11N5O/c1-7-5-14-9(6-13-7)4-8-2-3-15-16-10(8)11(12)17/h2-3,5-6H,4H2,1H3,(H2,12,17). The zero-order valence-corrected chi connectivity index (χ0v) is 9.29. The Balaban J connectivity index is 2.30. The first-order valence-electron chi connectivity index (χ1n) is 5.04. The Morgan fingerprint density at radius 3 is 2.82 bits per heavy atom. The van der Waals surface area contributed by atoms with Crippen LogP contribution in [-0.2, 0) is 6.42 Å². The number of nitrogens with two attached hydrogens (primary N) is 1. The number of rotatable bonds is 3. The number of amides is 1. The fourth-order valence-corrected chi connectivity index (χ4v) is 1.41. The second-order valence-corrected chi connectivity index (χ2v) is 3.60. The molecule has 1 amide bonds. The van der Waals surface area contributed by atoms with Gasteiger partial charge in [-0.1, -0.05) is 0 Å². The van der Waals surface area contributed by atoms with Gasteiger partial charge in [-0.15, -0.1) is 5.10 Å². The Morgan fingerprint density at radius 1 is 1.35 bits per heavy atom. The lowest BCUT2D eigenvalue weighted by molar-refractivity contribution is 0.0993. The molecule has 17 heavy (non-hydrogen) atoms. The van der Waals surface area contributed by atoms with Crippen LogP contribution in [0.2, 0.25) is 0 Å². The van der Waals surface area contributed by atoms with Gasteiger partial charge in [0.15, 0.2) is 5.69 Å². The van der Waals surface area contributed by atoms with E-state index in [2.05, 4.69) is 20.2 Å². The zero-order valence-electron chi connectivity index (χ0n) is 9.29. The lowest BCUT2D eigenvalue weighted by atomic mass is 10.1. The first-order chi connectivity index (χ1) is 8.16. The van der Waals surface area contributed by atoms with Crippen LogP contribution in [0.4, 0.5) is 0 Å². The van der Waals surface area contributed by atoms with Gasteiger partial charge >= 0.3 is 0 Å². The van der Waals surface area contributed by atoms with E-state index in [4.69, 9.17) is 5.73 Å². The molecule has 2 N–H and O–H groups in total. The molecule has 2 heterocycles. The van der Waals surface area contributed by atoms with Crippen molar-refractivity contribution >= 4 is 5.91 Å². The second kappa shape index (κ2) is 4.65. The molecule has 0 bridgehead atoms. The Hall–Kier alpha value is -2.37. The van der Waals surface area contributed by atoms with Gasteiger partial charge in [0.05, 0.1) is 11.4 Å². The molecule has 0 fully saturated rings. The van der Waals surface area contributed by atoms with Crippen molar-refractivity contribution in [3.05, 3.63) is 47.3 Å². The summed E-state index contributed by atoms with van der Waals surface area (Å²) >= 11 is 0. The lowest BCUT2D eigenvalue weighted by Crippen LogP contribution is -2.17. The Labute approximate surface area is 97.9 Å². The average Bonchev–Trinajstić information content (AvgIpc) is 2.32. The summed E-state index contributed by atoms with van der Waals surface area (Å²) in [7, 11) is 0. The number of hydrogen-bond donors (Lipinski definition) is 1. The topological polar surface area (TPSA) is 94.6 Å². The van der Waals surface area contributed by atoms with E-state index in [0.29, 0.717) is 12.0 Å².